The van der Waals surface area contributed by atoms with Gasteiger partial charge in [-0.1, -0.05) is 32.1 Å². The van der Waals surface area contributed by atoms with Crippen LogP contribution in [0, 0.1) is 5.92 Å². The molecule has 0 spiro atoms. The molecule has 1 rings (SSSR count). The quantitative estimate of drug-likeness (QED) is 0.700. The van der Waals surface area contributed by atoms with E-state index in [4.69, 9.17) is 0 Å². The van der Waals surface area contributed by atoms with Gasteiger partial charge in [0.15, 0.2) is 0 Å². The second kappa shape index (κ2) is 9.46. The van der Waals surface area contributed by atoms with E-state index in [0.29, 0.717) is 6.42 Å². The van der Waals surface area contributed by atoms with E-state index < -0.39 is 0 Å². The molecule has 1 aliphatic rings. The van der Waals surface area contributed by atoms with Gasteiger partial charge in [0.1, 0.15) is 0 Å². The van der Waals surface area contributed by atoms with Crippen LogP contribution in [-0.2, 0) is 4.79 Å². The maximum absolute atomic E-state index is 11.2. The van der Waals surface area contributed by atoms with Crippen molar-refractivity contribution < 1.29 is 4.79 Å². The molecular formula is C14H28N2O. The lowest BCUT2D eigenvalue weighted by Gasteiger charge is -2.19. The number of carbonyl (C=O) groups excluding carboxylic acids is 1. The van der Waals surface area contributed by atoms with Crippen molar-refractivity contribution in [2.75, 3.05) is 19.6 Å². The smallest absolute Gasteiger partial charge is 0.221 e. The molecule has 0 saturated heterocycles. The van der Waals surface area contributed by atoms with Crippen molar-refractivity contribution in [3.8, 4) is 0 Å². The molecule has 3 nitrogen and oxygen atoms in total. The van der Waals surface area contributed by atoms with Gasteiger partial charge < -0.3 is 10.6 Å². The van der Waals surface area contributed by atoms with Crippen molar-refractivity contribution in [3.05, 3.63) is 0 Å². The van der Waals surface area contributed by atoms with Crippen molar-refractivity contribution in [3.63, 3.8) is 0 Å². The van der Waals surface area contributed by atoms with E-state index in [2.05, 4.69) is 10.6 Å². The first kappa shape index (κ1) is 14.5. The van der Waals surface area contributed by atoms with Gasteiger partial charge in [0.2, 0.25) is 5.91 Å². The maximum Gasteiger partial charge on any atom is 0.221 e. The molecule has 0 aromatic carbocycles. The summed E-state index contributed by atoms with van der Waals surface area (Å²) < 4.78 is 0. The summed E-state index contributed by atoms with van der Waals surface area (Å²) in [6.07, 6.45) is 10.4. The highest BCUT2D eigenvalue weighted by Crippen LogP contribution is 2.21. The third kappa shape index (κ3) is 7.37. The monoisotopic (exact) mass is 240 g/mol. The fourth-order valence-corrected chi connectivity index (χ4v) is 2.54. The summed E-state index contributed by atoms with van der Waals surface area (Å²) in [5, 5.41) is 6.26. The Bertz CT molecular complexity index is 198. The second-order valence-corrected chi connectivity index (χ2v) is 5.12. The molecule has 0 heterocycles. The van der Waals surface area contributed by atoms with E-state index in [1.165, 1.54) is 44.9 Å². The van der Waals surface area contributed by atoms with Gasteiger partial charge in [-0.2, -0.15) is 0 Å². The molecule has 1 amide bonds. The standard InChI is InChI=1S/C14H28N2O/c1-2-16-14(17)10-11-15-12-13-8-6-4-3-5-7-9-13/h13,15H,2-12H2,1H3,(H,16,17). The van der Waals surface area contributed by atoms with Crippen LogP contribution in [0.3, 0.4) is 0 Å². The van der Waals surface area contributed by atoms with Gasteiger partial charge >= 0.3 is 0 Å². The Morgan fingerprint density at radius 1 is 1.12 bits per heavy atom. The van der Waals surface area contributed by atoms with E-state index in [1.54, 1.807) is 0 Å². The van der Waals surface area contributed by atoms with Crippen LogP contribution < -0.4 is 10.6 Å². The van der Waals surface area contributed by atoms with Crippen LogP contribution in [0.4, 0.5) is 0 Å². The molecule has 1 fully saturated rings. The SMILES string of the molecule is CCNC(=O)CCNCC1CCCCCCC1. The minimum Gasteiger partial charge on any atom is -0.356 e. The molecule has 0 radical (unpaired) electrons. The predicted octanol–water partition coefficient (Wildman–Crippen LogP) is 2.46. The van der Waals surface area contributed by atoms with E-state index in [9.17, 15) is 4.79 Å². The molecule has 0 unspecified atom stereocenters. The van der Waals surface area contributed by atoms with Crippen LogP contribution in [0.15, 0.2) is 0 Å². The van der Waals surface area contributed by atoms with Crippen molar-refractivity contribution in [2.45, 2.75) is 58.3 Å². The van der Waals surface area contributed by atoms with Gasteiger partial charge in [0.05, 0.1) is 0 Å². The lowest BCUT2D eigenvalue weighted by molar-refractivity contribution is -0.120. The summed E-state index contributed by atoms with van der Waals surface area (Å²) in [6.45, 7) is 4.61. The summed E-state index contributed by atoms with van der Waals surface area (Å²) in [7, 11) is 0. The van der Waals surface area contributed by atoms with Crippen LogP contribution in [0.2, 0.25) is 0 Å². The molecule has 1 saturated carbocycles. The lowest BCUT2D eigenvalue weighted by Crippen LogP contribution is -2.30. The summed E-state index contributed by atoms with van der Waals surface area (Å²) in [5.74, 6) is 1.00. The van der Waals surface area contributed by atoms with Gasteiger partial charge in [-0.05, 0) is 32.2 Å². The first-order valence-corrected chi connectivity index (χ1v) is 7.30. The van der Waals surface area contributed by atoms with Crippen molar-refractivity contribution in [2.24, 2.45) is 5.92 Å². The third-order valence-electron chi connectivity index (χ3n) is 3.56. The zero-order chi connectivity index (χ0) is 12.3. The number of rotatable bonds is 6. The Kier molecular flexibility index (Phi) is 8.06. The average molecular weight is 240 g/mol. The molecular weight excluding hydrogens is 212 g/mol. The minimum atomic E-state index is 0.165. The molecule has 17 heavy (non-hydrogen) atoms. The van der Waals surface area contributed by atoms with Crippen LogP contribution in [0.1, 0.15) is 58.3 Å². The predicted molar refractivity (Wildman–Crippen MR) is 72.0 cm³/mol. The molecule has 0 aromatic heterocycles. The van der Waals surface area contributed by atoms with E-state index >= 15 is 0 Å². The number of amides is 1. The number of nitrogens with one attached hydrogen (secondary N) is 2. The summed E-state index contributed by atoms with van der Waals surface area (Å²) in [5.41, 5.74) is 0. The van der Waals surface area contributed by atoms with Crippen molar-refractivity contribution in [1.29, 1.82) is 0 Å². The van der Waals surface area contributed by atoms with E-state index in [1.807, 2.05) is 6.92 Å². The zero-order valence-corrected chi connectivity index (χ0v) is 11.3. The first-order valence-electron chi connectivity index (χ1n) is 7.30. The highest BCUT2D eigenvalue weighted by Gasteiger charge is 2.10. The molecule has 0 aliphatic heterocycles. The van der Waals surface area contributed by atoms with Crippen LogP contribution in [0.25, 0.3) is 0 Å². The topological polar surface area (TPSA) is 41.1 Å². The molecule has 2 N–H and O–H groups in total. The first-order chi connectivity index (χ1) is 8.33. The Balaban J connectivity index is 2.02. The fourth-order valence-electron chi connectivity index (χ4n) is 2.54. The molecule has 3 heteroatoms. The highest BCUT2D eigenvalue weighted by atomic mass is 16.1. The number of carbonyl (C=O) groups is 1. The molecule has 100 valence electrons. The maximum atomic E-state index is 11.2. The molecule has 0 atom stereocenters. The van der Waals surface area contributed by atoms with Crippen LogP contribution in [0.5, 0.6) is 0 Å². The van der Waals surface area contributed by atoms with E-state index in [0.717, 1.165) is 25.6 Å². The largest absolute Gasteiger partial charge is 0.356 e. The summed E-state index contributed by atoms with van der Waals surface area (Å²) in [4.78, 5) is 11.2. The Morgan fingerprint density at radius 2 is 1.76 bits per heavy atom. The number of hydrogen-bond donors (Lipinski definition) is 2. The van der Waals surface area contributed by atoms with Gasteiger partial charge in [-0.3, -0.25) is 4.79 Å². The minimum absolute atomic E-state index is 0.165. The summed E-state index contributed by atoms with van der Waals surface area (Å²) >= 11 is 0. The normalized spacial score (nSPS) is 18.4. The second-order valence-electron chi connectivity index (χ2n) is 5.12. The zero-order valence-electron chi connectivity index (χ0n) is 11.3. The van der Waals surface area contributed by atoms with Crippen LogP contribution >= 0.6 is 0 Å². The molecule has 0 bridgehead atoms. The third-order valence-corrected chi connectivity index (χ3v) is 3.56. The Morgan fingerprint density at radius 3 is 2.41 bits per heavy atom. The van der Waals surface area contributed by atoms with Crippen molar-refractivity contribution in [1.82, 2.24) is 10.6 Å². The molecule has 0 aromatic rings. The Labute approximate surface area is 106 Å². The van der Waals surface area contributed by atoms with Gasteiger partial charge in [-0.15, -0.1) is 0 Å². The van der Waals surface area contributed by atoms with Crippen LogP contribution in [-0.4, -0.2) is 25.5 Å². The van der Waals surface area contributed by atoms with E-state index in [-0.39, 0.29) is 5.91 Å². The fraction of sp³-hybridized carbons (Fsp3) is 0.929. The highest BCUT2D eigenvalue weighted by molar-refractivity contribution is 5.75. The summed E-state index contributed by atoms with van der Waals surface area (Å²) in [6, 6.07) is 0. The van der Waals surface area contributed by atoms with Gasteiger partial charge in [0, 0.05) is 19.5 Å². The average Bonchev–Trinajstić information content (AvgIpc) is 2.26. The molecule has 1 aliphatic carbocycles. The van der Waals surface area contributed by atoms with Gasteiger partial charge in [0.25, 0.3) is 0 Å². The Hall–Kier alpha value is -0.570. The lowest BCUT2D eigenvalue weighted by atomic mass is 9.91. The van der Waals surface area contributed by atoms with Crippen molar-refractivity contribution >= 4 is 5.91 Å². The number of hydrogen-bond acceptors (Lipinski definition) is 2. The van der Waals surface area contributed by atoms with Gasteiger partial charge in [-0.25, -0.2) is 0 Å².